The number of sulfonamides is 1. The molecule has 0 aliphatic carbocycles. The number of benzene rings is 2. The van der Waals surface area contributed by atoms with Gasteiger partial charge in [0.25, 0.3) is 0 Å². The van der Waals surface area contributed by atoms with Crippen LogP contribution in [0.15, 0.2) is 39.7 Å². The van der Waals surface area contributed by atoms with Gasteiger partial charge in [0.2, 0.25) is 10.0 Å². The fourth-order valence-corrected chi connectivity index (χ4v) is 4.79. The summed E-state index contributed by atoms with van der Waals surface area (Å²) in [6.07, 6.45) is 0. The molecule has 136 valence electrons. The Morgan fingerprint density at radius 2 is 1.68 bits per heavy atom. The Balaban J connectivity index is 2.40. The van der Waals surface area contributed by atoms with Crippen LogP contribution in [-0.4, -0.2) is 34.0 Å². The van der Waals surface area contributed by atoms with Crippen molar-refractivity contribution in [2.45, 2.75) is 11.4 Å². The molecule has 0 radical (unpaired) electrons. The summed E-state index contributed by atoms with van der Waals surface area (Å²) in [5.41, 5.74) is 0.647. The predicted octanol–water partition coefficient (Wildman–Crippen LogP) is 4.59. The Morgan fingerprint density at radius 3 is 2.24 bits per heavy atom. The second kappa shape index (κ2) is 8.14. The van der Waals surface area contributed by atoms with Crippen LogP contribution in [0.5, 0.6) is 11.5 Å². The third-order valence-electron chi connectivity index (χ3n) is 3.53. The van der Waals surface area contributed by atoms with Crippen molar-refractivity contribution in [1.82, 2.24) is 4.31 Å². The Labute approximate surface area is 165 Å². The van der Waals surface area contributed by atoms with E-state index in [4.69, 9.17) is 32.7 Å². The lowest BCUT2D eigenvalue weighted by Gasteiger charge is -2.20. The summed E-state index contributed by atoms with van der Waals surface area (Å²) in [5, 5.41) is 0.892. The molecular weight excluding hydrogens is 453 g/mol. The molecule has 5 nitrogen and oxygen atoms in total. The monoisotopic (exact) mass is 467 g/mol. The fraction of sp³-hybridized carbons (Fsp3) is 0.250. The van der Waals surface area contributed by atoms with Gasteiger partial charge < -0.3 is 9.47 Å². The van der Waals surface area contributed by atoms with E-state index in [1.54, 1.807) is 24.3 Å². The molecule has 0 aliphatic heterocycles. The molecule has 2 aromatic rings. The molecule has 0 fully saturated rings. The molecule has 0 heterocycles. The minimum Gasteiger partial charge on any atom is -0.493 e. The van der Waals surface area contributed by atoms with Crippen LogP contribution in [0.25, 0.3) is 0 Å². The van der Waals surface area contributed by atoms with Crippen molar-refractivity contribution in [1.29, 1.82) is 0 Å². The van der Waals surface area contributed by atoms with E-state index < -0.39 is 10.0 Å². The first kappa shape index (κ1) is 20.3. The first-order valence-corrected chi connectivity index (χ1v) is 10.0. The number of hydrogen-bond acceptors (Lipinski definition) is 4. The highest BCUT2D eigenvalue weighted by Gasteiger charge is 2.26. The molecular formula is C16H16BrCl2NO4S. The lowest BCUT2D eigenvalue weighted by atomic mass is 10.2. The van der Waals surface area contributed by atoms with E-state index in [1.807, 2.05) is 0 Å². The second-order valence-electron chi connectivity index (χ2n) is 5.13. The summed E-state index contributed by atoms with van der Waals surface area (Å²) in [4.78, 5) is 0.0673. The zero-order valence-corrected chi connectivity index (χ0v) is 17.6. The zero-order valence-electron chi connectivity index (χ0n) is 13.7. The molecule has 2 aromatic carbocycles. The van der Waals surface area contributed by atoms with Crippen LogP contribution < -0.4 is 9.47 Å². The average molecular weight is 469 g/mol. The van der Waals surface area contributed by atoms with Crippen LogP contribution in [0.3, 0.4) is 0 Å². The van der Waals surface area contributed by atoms with Gasteiger partial charge in [-0.3, -0.25) is 0 Å². The maximum atomic E-state index is 12.9. The van der Waals surface area contributed by atoms with Gasteiger partial charge in [-0.15, -0.1) is 0 Å². The van der Waals surface area contributed by atoms with Crippen molar-refractivity contribution >= 4 is 49.2 Å². The Hall–Kier alpha value is -0.990. The van der Waals surface area contributed by atoms with E-state index in [9.17, 15) is 8.42 Å². The van der Waals surface area contributed by atoms with E-state index in [2.05, 4.69) is 15.9 Å². The summed E-state index contributed by atoms with van der Waals surface area (Å²) >= 11 is 15.3. The van der Waals surface area contributed by atoms with Gasteiger partial charge in [-0.2, -0.15) is 4.31 Å². The first-order chi connectivity index (χ1) is 11.7. The van der Waals surface area contributed by atoms with Gasteiger partial charge in [0.05, 0.1) is 14.2 Å². The van der Waals surface area contributed by atoms with Crippen molar-refractivity contribution in [3.05, 3.63) is 50.4 Å². The maximum absolute atomic E-state index is 12.9. The molecule has 0 saturated heterocycles. The molecule has 0 saturated carbocycles. The van der Waals surface area contributed by atoms with Gasteiger partial charge in [0.15, 0.2) is 11.5 Å². The summed E-state index contributed by atoms with van der Waals surface area (Å²) < 4.78 is 37.8. The van der Waals surface area contributed by atoms with E-state index in [1.165, 1.54) is 31.6 Å². The Morgan fingerprint density at radius 1 is 1.08 bits per heavy atom. The molecule has 0 aromatic heterocycles. The average Bonchev–Trinajstić information content (AvgIpc) is 2.56. The van der Waals surface area contributed by atoms with Crippen LogP contribution in [-0.2, 0) is 16.6 Å². The SMILES string of the molecule is COc1cc(Br)c(S(=O)(=O)N(C)Cc2ccc(Cl)cc2Cl)cc1OC. The number of hydrogen-bond donors (Lipinski definition) is 0. The third kappa shape index (κ3) is 4.41. The molecule has 2 rings (SSSR count). The lowest BCUT2D eigenvalue weighted by Crippen LogP contribution is -2.27. The summed E-state index contributed by atoms with van der Waals surface area (Å²) in [7, 11) is 0.606. The number of halogens is 3. The molecule has 0 N–H and O–H groups in total. The Kier molecular flexibility index (Phi) is 6.62. The quantitative estimate of drug-likeness (QED) is 0.621. The second-order valence-corrected chi connectivity index (χ2v) is 8.85. The van der Waals surface area contributed by atoms with E-state index in [0.717, 1.165) is 0 Å². The fourth-order valence-electron chi connectivity index (χ4n) is 2.18. The number of rotatable bonds is 6. The Bertz CT molecular complexity index is 890. The minimum absolute atomic E-state index is 0.0673. The van der Waals surface area contributed by atoms with Gasteiger partial charge in [0.1, 0.15) is 4.90 Å². The third-order valence-corrected chi connectivity index (χ3v) is 6.88. The van der Waals surface area contributed by atoms with Crippen LogP contribution in [0, 0.1) is 0 Å². The van der Waals surface area contributed by atoms with E-state index in [-0.39, 0.29) is 11.4 Å². The summed E-state index contributed by atoms with van der Waals surface area (Å²) in [6.45, 7) is 0.0963. The largest absolute Gasteiger partial charge is 0.493 e. The first-order valence-electron chi connectivity index (χ1n) is 7.02. The van der Waals surface area contributed by atoms with Crippen molar-refractivity contribution in [2.24, 2.45) is 0 Å². The van der Waals surface area contributed by atoms with Crippen LogP contribution in [0.1, 0.15) is 5.56 Å². The van der Waals surface area contributed by atoms with Gasteiger partial charge >= 0.3 is 0 Å². The van der Waals surface area contributed by atoms with E-state index >= 15 is 0 Å². The molecule has 0 spiro atoms. The van der Waals surface area contributed by atoms with Gasteiger partial charge in [-0.1, -0.05) is 29.3 Å². The summed E-state index contributed by atoms with van der Waals surface area (Å²) in [5.74, 6) is 0.749. The standard InChI is InChI=1S/C16H16BrCl2NO4S/c1-20(9-10-4-5-11(18)6-13(10)19)25(21,22)16-8-15(24-3)14(23-2)7-12(16)17/h4-8H,9H2,1-3H3. The normalized spacial score (nSPS) is 11.6. The highest BCUT2D eigenvalue weighted by Crippen LogP contribution is 2.37. The molecule has 25 heavy (non-hydrogen) atoms. The maximum Gasteiger partial charge on any atom is 0.244 e. The van der Waals surface area contributed by atoms with Gasteiger partial charge in [-0.25, -0.2) is 8.42 Å². The van der Waals surface area contributed by atoms with Crippen molar-refractivity contribution < 1.29 is 17.9 Å². The molecule has 0 amide bonds. The molecule has 0 aliphatic rings. The minimum atomic E-state index is -3.79. The summed E-state index contributed by atoms with van der Waals surface area (Å²) in [6, 6.07) is 7.90. The number of nitrogens with zero attached hydrogens (tertiary/aromatic N) is 1. The highest BCUT2D eigenvalue weighted by molar-refractivity contribution is 9.10. The van der Waals surface area contributed by atoms with Crippen LogP contribution in [0.2, 0.25) is 10.0 Å². The molecule has 0 bridgehead atoms. The highest BCUT2D eigenvalue weighted by atomic mass is 79.9. The van der Waals surface area contributed by atoms with Crippen molar-refractivity contribution in [3.63, 3.8) is 0 Å². The molecule has 0 unspecified atom stereocenters. The van der Waals surface area contributed by atoms with Crippen molar-refractivity contribution in [3.8, 4) is 11.5 Å². The van der Waals surface area contributed by atoms with Crippen molar-refractivity contribution in [2.75, 3.05) is 21.3 Å². The van der Waals surface area contributed by atoms with Crippen LogP contribution >= 0.6 is 39.1 Å². The van der Waals surface area contributed by atoms with Gasteiger partial charge in [-0.05, 0) is 39.7 Å². The van der Waals surface area contributed by atoms with Crippen LogP contribution in [0.4, 0.5) is 0 Å². The topological polar surface area (TPSA) is 55.8 Å². The van der Waals surface area contributed by atoms with E-state index in [0.29, 0.717) is 31.6 Å². The van der Waals surface area contributed by atoms with Gasteiger partial charge in [0, 0.05) is 34.2 Å². The zero-order chi connectivity index (χ0) is 18.8. The number of methoxy groups -OCH3 is 2. The predicted molar refractivity (Wildman–Crippen MR) is 102 cm³/mol. The molecule has 9 heteroatoms. The number of ether oxygens (including phenoxy) is 2. The lowest BCUT2D eigenvalue weighted by molar-refractivity contribution is 0.353. The molecule has 0 atom stereocenters. The smallest absolute Gasteiger partial charge is 0.244 e.